The normalized spacial score (nSPS) is 21.1. The van der Waals surface area contributed by atoms with Gasteiger partial charge in [0.15, 0.2) is 5.78 Å². The number of carbonyl (C=O) groups excluding carboxylic acids is 1. The standard InChI is InChI=1S/C16H12N2O3S/c17-10-16(8-11-4-1-2-5-12(11)15(16)19)13(9-18(20)21)14-6-3-7-22-14/h1-7,13H,8-9H2/t13-,16-/m0/s1. The number of Topliss-reactive ketones (excluding diaryl/α,β-unsaturated/α-hetero) is 1. The lowest BCUT2D eigenvalue weighted by Gasteiger charge is -2.26. The Kier molecular flexibility index (Phi) is 3.51. The summed E-state index contributed by atoms with van der Waals surface area (Å²) in [6, 6.07) is 12.7. The van der Waals surface area contributed by atoms with Crippen molar-refractivity contribution in [2.24, 2.45) is 5.41 Å². The smallest absolute Gasteiger partial charge is 0.213 e. The molecule has 0 spiro atoms. The zero-order valence-electron chi connectivity index (χ0n) is 11.6. The molecule has 1 aromatic carbocycles. The molecule has 2 aromatic rings. The fraction of sp³-hybridized carbons (Fsp3) is 0.250. The van der Waals surface area contributed by atoms with Gasteiger partial charge >= 0.3 is 0 Å². The van der Waals surface area contributed by atoms with Gasteiger partial charge in [0.2, 0.25) is 6.54 Å². The van der Waals surface area contributed by atoms with E-state index in [9.17, 15) is 20.2 Å². The molecule has 110 valence electrons. The van der Waals surface area contributed by atoms with E-state index < -0.39 is 22.8 Å². The number of fused-ring (bicyclic) bond motifs is 1. The summed E-state index contributed by atoms with van der Waals surface area (Å²) in [7, 11) is 0. The van der Waals surface area contributed by atoms with Gasteiger partial charge in [-0.05, 0) is 17.0 Å². The van der Waals surface area contributed by atoms with Crippen molar-refractivity contribution in [1.82, 2.24) is 0 Å². The van der Waals surface area contributed by atoms with E-state index in [1.165, 1.54) is 11.3 Å². The number of nitrogens with zero attached hydrogens (tertiary/aromatic N) is 2. The summed E-state index contributed by atoms with van der Waals surface area (Å²) in [5.74, 6) is -1.03. The van der Waals surface area contributed by atoms with Crippen LogP contribution in [0.1, 0.15) is 26.7 Å². The highest BCUT2D eigenvalue weighted by Gasteiger charge is 2.54. The zero-order valence-corrected chi connectivity index (χ0v) is 12.4. The van der Waals surface area contributed by atoms with E-state index in [1.807, 2.05) is 12.1 Å². The first-order valence-corrected chi connectivity index (χ1v) is 7.65. The molecule has 0 saturated carbocycles. The van der Waals surface area contributed by atoms with Crippen molar-refractivity contribution in [3.8, 4) is 6.07 Å². The lowest BCUT2D eigenvalue weighted by molar-refractivity contribution is -0.485. The summed E-state index contributed by atoms with van der Waals surface area (Å²) in [4.78, 5) is 24.2. The van der Waals surface area contributed by atoms with Crippen LogP contribution >= 0.6 is 11.3 Å². The van der Waals surface area contributed by atoms with E-state index in [2.05, 4.69) is 6.07 Å². The molecule has 2 atom stereocenters. The topological polar surface area (TPSA) is 84.0 Å². The molecule has 6 heteroatoms. The Labute approximate surface area is 131 Å². The van der Waals surface area contributed by atoms with Crippen LogP contribution in [-0.2, 0) is 6.42 Å². The Balaban J connectivity index is 2.12. The second kappa shape index (κ2) is 5.35. The first-order valence-electron chi connectivity index (χ1n) is 6.77. The van der Waals surface area contributed by atoms with Gasteiger partial charge < -0.3 is 0 Å². The Bertz CT molecular complexity index is 779. The number of thiophene rings is 1. The lowest BCUT2D eigenvalue weighted by Crippen LogP contribution is -2.37. The molecule has 0 radical (unpaired) electrons. The van der Waals surface area contributed by atoms with Crippen molar-refractivity contribution in [1.29, 1.82) is 5.26 Å². The van der Waals surface area contributed by atoms with Crippen LogP contribution in [0.2, 0.25) is 0 Å². The van der Waals surface area contributed by atoms with Crippen LogP contribution < -0.4 is 0 Å². The van der Waals surface area contributed by atoms with Gasteiger partial charge in [0, 0.05) is 21.8 Å². The summed E-state index contributed by atoms with van der Waals surface area (Å²) in [6.45, 7) is -0.423. The van der Waals surface area contributed by atoms with Crippen molar-refractivity contribution in [2.45, 2.75) is 12.3 Å². The predicted molar refractivity (Wildman–Crippen MR) is 81.4 cm³/mol. The highest BCUT2D eigenvalue weighted by atomic mass is 32.1. The second-order valence-corrected chi connectivity index (χ2v) is 6.31. The number of nitro groups is 1. The average Bonchev–Trinajstić information content (AvgIpc) is 3.12. The van der Waals surface area contributed by atoms with Gasteiger partial charge in [0.1, 0.15) is 5.41 Å². The van der Waals surface area contributed by atoms with Crippen LogP contribution in [-0.4, -0.2) is 17.3 Å². The number of hydrogen-bond acceptors (Lipinski definition) is 5. The molecule has 0 bridgehead atoms. The number of benzene rings is 1. The van der Waals surface area contributed by atoms with E-state index in [-0.39, 0.29) is 12.2 Å². The van der Waals surface area contributed by atoms with Crippen LogP contribution in [0.15, 0.2) is 41.8 Å². The number of rotatable bonds is 4. The fourth-order valence-corrected chi connectivity index (χ4v) is 4.01. The average molecular weight is 312 g/mol. The van der Waals surface area contributed by atoms with E-state index in [0.717, 1.165) is 5.56 Å². The molecule has 0 amide bonds. The van der Waals surface area contributed by atoms with Crippen LogP contribution in [0, 0.1) is 26.9 Å². The molecule has 1 aliphatic rings. The molecular formula is C16H12N2O3S. The molecule has 0 N–H and O–H groups in total. The zero-order chi connectivity index (χ0) is 15.7. The number of carbonyl (C=O) groups is 1. The highest BCUT2D eigenvalue weighted by Crippen LogP contribution is 2.47. The minimum atomic E-state index is -1.39. The maximum Gasteiger partial charge on any atom is 0.213 e. The Morgan fingerprint density at radius 3 is 2.73 bits per heavy atom. The molecule has 1 aliphatic carbocycles. The van der Waals surface area contributed by atoms with E-state index in [4.69, 9.17) is 0 Å². The van der Waals surface area contributed by atoms with Crippen LogP contribution in [0.3, 0.4) is 0 Å². The Hall–Kier alpha value is -2.52. The Morgan fingerprint density at radius 2 is 2.14 bits per heavy atom. The van der Waals surface area contributed by atoms with Gasteiger partial charge in [-0.3, -0.25) is 14.9 Å². The lowest BCUT2D eigenvalue weighted by atomic mass is 9.72. The minimum Gasteiger partial charge on any atom is -0.292 e. The van der Waals surface area contributed by atoms with Crippen molar-refractivity contribution in [3.05, 3.63) is 67.9 Å². The highest BCUT2D eigenvalue weighted by molar-refractivity contribution is 7.10. The van der Waals surface area contributed by atoms with Gasteiger partial charge in [-0.2, -0.15) is 5.26 Å². The van der Waals surface area contributed by atoms with E-state index >= 15 is 0 Å². The van der Waals surface area contributed by atoms with E-state index in [1.54, 1.807) is 29.6 Å². The van der Waals surface area contributed by atoms with Crippen molar-refractivity contribution >= 4 is 17.1 Å². The molecule has 5 nitrogen and oxygen atoms in total. The van der Waals surface area contributed by atoms with Gasteiger partial charge in [-0.15, -0.1) is 11.3 Å². The molecule has 0 aliphatic heterocycles. The molecule has 22 heavy (non-hydrogen) atoms. The SMILES string of the molecule is N#C[C@]1([C@@H](C[N+](=O)[O-])c2cccs2)Cc2ccccc2C1=O. The third-order valence-electron chi connectivity index (χ3n) is 4.15. The number of ketones is 1. The molecule has 0 fully saturated rings. The monoisotopic (exact) mass is 312 g/mol. The first kappa shape index (κ1) is 14.4. The molecule has 1 aromatic heterocycles. The van der Waals surface area contributed by atoms with Gasteiger partial charge in [0.25, 0.3) is 0 Å². The molecule has 0 saturated heterocycles. The summed E-state index contributed by atoms with van der Waals surface area (Å²) >= 11 is 1.35. The molecule has 0 unspecified atom stereocenters. The molecule has 3 rings (SSSR count). The van der Waals surface area contributed by atoms with Gasteiger partial charge in [0.05, 0.1) is 12.0 Å². The van der Waals surface area contributed by atoms with Crippen LogP contribution in [0.25, 0.3) is 0 Å². The van der Waals surface area contributed by atoms with Gasteiger partial charge in [-0.25, -0.2) is 0 Å². The third kappa shape index (κ3) is 2.11. The number of nitriles is 1. The van der Waals surface area contributed by atoms with Crippen molar-refractivity contribution in [2.75, 3.05) is 6.54 Å². The maximum atomic E-state index is 12.8. The second-order valence-electron chi connectivity index (χ2n) is 5.33. The predicted octanol–water partition coefficient (Wildman–Crippen LogP) is 3.06. The summed E-state index contributed by atoms with van der Waals surface area (Å²) in [6.07, 6.45) is 0.231. The Morgan fingerprint density at radius 1 is 1.36 bits per heavy atom. The third-order valence-corrected chi connectivity index (χ3v) is 5.14. The van der Waals surface area contributed by atoms with Crippen LogP contribution in [0.5, 0.6) is 0 Å². The quantitative estimate of drug-likeness (QED) is 0.641. The molecular weight excluding hydrogens is 300 g/mol. The van der Waals surface area contributed by atoms with E-state index in [0.29, 0.717) is 10.4 Å². The van der Waals surface area contributed by atoms with Crippen LogP contribution in [0.4, 0.5) is 0 Å². The summed E-state index contributed by atoms with van der Waals surface area (Å²) < 4.78 is 0. The minimum absolute atomic E-state index is 0.231. The largest absolute Gasteiger partial charge is 0.292 e. The molecule has 1 heterocycles. The first-order chi connectivity index (χ1) is 10.6. The van der Waals surface area contributed by atoms with Crippen molar-refractivity contribution in [3.63, 3.8) is 0 Å². The van der Waals surface area contributed by atoms with Gasteiger partial charge in [-0.1, -0.05) is 30.3 Å². The number of hydrogen-bond donors (Lipinski definition) is 0. The maximum absolute atomic E-state index is 12.8. The fourth-order valence-electron chi connectivity index (χ4n) is 3.09. The summed E-state index contributed by atoms with van der Waals surface area (Å²) in [5.41, 5.74) is -0.0883. The van der Waals surface area contributed by atoms with Crippen molar-refractivity contribution < 1.29 is 9.72 Å². The summed E-state index contributed by atoms with van der Waals surface area (Å²) in [5, 5.41) is 22.6.